The van der Waals surface area contributed by atoms with Crippen molar-refractivity contribution in [2.45, 2.75) is 33.6 Å². The number of amides is 2. The lowest BCUT2D eigenvalue weighted by molar-refractivity contribution is -0.118. The van der Waals surface area contributed by atoms with Gasteiger partial charge in [0.15, 0.2) is 6.61 Å². The molecule has 2 aromatic carbocycles. The number of ether oxygens (including phenoxy) is 1. The van der Waals surface area contributed by atoms with E-state index in [1.54, 1.807) is 24.3 Å². The first-order valence-electron chi connectivity index (χ1n) is 8.87. The second-order valence-corrected chi connectivity index (χ2v) is 6.27. The standard InChI is InChI=1S/C21H26N2O3/c1-4-5-12-22-21(25)17-7-9-18(10-8-17)23-20(24)14-26-19-11-6-15(2)16(3)13-19/h6-11,13H,4-5,12,14H2,1-3H3,(H,22,25)(H,23,24). The molecule has 0 aliphatic rings. The van der Waals surface area contributed by atoms with E-state index in [1.807, 2.05) is 32.0 Å². The van der Waals surface area contributed by atoms with Gasteiger partial charge >= 0.3 is 0 Å². The first-order valence-corrected chi connectivity index (χ1v) is 8.87. The van der Waals surface area contributed by atoms with Crippen molar-refractivity contribution in [2.24, 2.45) is 0 Å². The molecule has 0 spiro atoms. The largest absolute Gasteiger partial charge is 0.484 e. The second-order valence-electron chi connectivity index (χ2n) is 6.27. The molecule has 5 nitrogen and oxygen atoms in total. The van der Waals surface area contributed by atoms with E-state index in [2.05, 4.69) is 17.6 Å². The van der Waals surface area contributed by atoms with Crippen LogP contribution in [0.4, 0.5) is 5.69 Å². The van der Waals surface area contributed by atoms with Crippen LogP contribution in [-0.2, 0) is 4.79 Å². The summed E-state index contributed by atoms with van der Waals surface area (Å²) in [6.07, 6.45) is 2.00. The van der Waals surface area contributed by atoms with E-state index in [4.69, 9.17) is 4.74 Å². The van der Waals surface area contributed by atoms with Crippen LogP contribution < -0.4 is 15.4 Å². The van der Waals surface area contributed by atoms with Gasteiger partial charge in [0.1, 0.15) is 5.75 Å². The summed E-state index contributed by atoms with van der Waals surface area (Å²) in [7, 11) is 0. The fourth-order valence-corrected chi connectivity index (χ4v) is 2.34. The minimum Gasteiger partial charge on any atom is -0.484 e. The summed E-state index contributed by atoms with van der Waals surface area (Å²) in [6, 6.07) is 12.5. The Hall–Kier alpha value is -2.82. The predicted molar refractivity (Wildman–Crippen MR) is 104 cm³/mol. The van der Waals surface area contributed by atoms with Crippen LogP contribution >= 0.6 is 0 Å². The molecule has 0 radical (unpaired) electrons. The molecule has 26 heavy (non-hydrogen) atoms. The van der Waals surface area contributed by atoms with E-state index in [9.17, 15) is 9.59 Å². The average Bonchev–Trinajstić information content (AvgIpc) is 2.63. The van der Waals surface area contributed by atoms with E-state index in [-0.39, 0.29) is 18.4 Å². The number of benzene rings is 2. The fourth-order valence-electron chi connectivity index (χ4n) is 2.34. The second kappa shape index (κ2) is 9.61. The number of hydrogen-bond acceptors (Lipinski definition) is 3. The molecule has 0 fully saturated rings. The molecular weight excluding hydrogens is 328 g/mol. The van der Waals surface area contributed by atoms with Crippen LogP contribution in [0, 0.1) is 13.8 Å². The number of nitrogens with one attached hydrogen (secondary N) is 2. The summed E-state index contributed by atoms with van der Waals surface area (Å²) in [5, 5.41) is 5.62. The summed E-state index contributed by atoms with van der Waals surface area (Å²) in [5.41, 5.74) is 3.51. The molecule has 2 rings (SSSR count). The maximum Gasteiger partial charge on any atom is 0.262 e. The number of rotatable bonds is 8. The number of anilines is 1. The van der Waals surface area contributed by atoms with Gasteiger partial charge in [-0.15, -0.1) is 0 Å². The Morgan fingerprint density at radius 1 is 1.00 bits per heavy atom. The normalized spacial score (nSPS) is 10.3. The monoisotopic (exact) mass is 354 g/mol. The molecule has 0 unspecified atom stereocenters. The third kappa shape index (κ3) is 5.92. The highest BCUT2D eigenvalue weighted by Gasteiger charge is 2.07. The zero-order chi connectivity index (χ0) is 18.9. The molecule has 0 saturated carbocycles. The first-order chi connectivity index (χ1) is 12.5. The number of unbranched alkanes of at least 4 members (excludes halogenated alkanes) is 1. The maximum atomic E-state index is 12.0. The zero-order valence-corrected chi connectivity index (χ0v) is 15.6. The van der Waals surface area contributed by atoms with E-state index < -0.39 is 0 Å². The highest BCUT2D eigenvalue weighted by molar-refractivity contribution is 5.96. The molecule has 2 aromatic rings. The molecule has 5 heteroatoms. The molecule has 0 aromatic heterocycles. The Morgan fingerprint density at radius 3 is 2.38 bits per heavy atom. The average molecular weight is 354 g/mol. The van der Waals surface area contributed by atoms with Gasteiger partial charge in [-0.05, 0) is 67.8 Å². The van der Waals surface area contributed by atoms with Crippen molar-refractivity contribution >= 4 is 17.5 Å². The van der Waals surface area contributed by atoms with Gasteiger partial charge in [-0.3, -0.25) is 9.59 Å². The third-order valence-corrected chi connectivity index (χ3v) is 4.10. The molecule has 0 saturated heterocycles. The van der Waals surface area contributed by atoms with Crippen LogP contribution in [0.15, 0.2) is 42.5 Å². The Bertz CT molecular complexity index is 754. The van der Waals surface area contributed by atoms with Crippen LogP contribution in [0.2, 0.25) is 0 Å². The molecule has 2 amide bonds. The predicted octanol–water partition coefficient (Wildman–Crippen LogP) is 3.85. The highest BCUT2D eigenvalue weighted by Crippen LogP contribution is 2.16. The quantitative estimate of drug-likeness (QED) is 0.708. The van der Waals surface area contributed by atoms with Gasteiger partial charge in [-0.2, -0.15) is 0 Å². The first kappa shape index (κ1) is 19.5. The van der Waals surface area contributed by atoms with Crippen molar-refractivity contribution in [3.8, 4) is 5.75 Å². The summed E-state index contributed by atoms with van der Waals surface area (Å²) < 4.78 is 5.52. The van der Waals surface area contributed by atoms with Gasteiger partial charge in [0.2, 0.25) is 0 Å². The third-order valence-electron chi connectivity index (χ3n) is 4.10. The Morgan fingerprint density at radius 2 is 1.73 bits per heavy atom. The molecule has 138 valence electrons. The van der Waals surface area contributed by atoms with E-state index in [0.29, 0.717) is 23.5 Å². The lowest BCUT2D eigenvalue weighted by atomic mass is 10.1. The summed E-state index contributed by atoms with van der Waals surface area (Å²) >= 11 is 0. The molecule has 0 bridgehead atoms. The minimum absolute atomic E-state index is 0.0677. The van der Waals surface area contributed by atoms with Gasteiger partial charge < -0.3 is 15.4 Å². The smallest absolute Gasteiger partial charge is 0.262 e. The number of carbonyl (C=O) groups excluding carboxylic acids is 2. The summed E-state index contributed by atoms with van der Waals surface area (Å²) in [6.45, 7) is 6.71. The molecular formula is C21H26N2O3. The number of carbonyl (C=O) groups is 2. The summed E-state index contributed by atoms with van der Waals surface area (Å²) in [4.78, 5) is 24.0. The lowest BCUT2D eigenvalue weighted by Gasteiger charge is -2.10. The van der Waals surface area contributed by atoms with Crippen molar-refractivity contribution in [1.82, 2.24) is 5.32 Å². The van der Waals surface area contributed by atoms with Crippen LogP contribution in [-0.4, -0.2) is 25.0 Å². The van der Waals surface area contributed by atoms with Crippen LogP contribution in [0.1, 0.15) is 41.3 Å². The number of hydrogen-bond donors (Lipinski definition) is 2. The van der Waals surface area contributed by atoms with E-state index in [1.165, 1.54) is 5.56 Å². The van der Waals surface area contributed by atoms with Crippen LogP contribution in [0.25, 0.3) is 0 Å². The topological polar surface area (TPSA) is 67.4 Å². The van der Waals surface area contributed by atoms with Crippen LogP contribution in [0.3, 0.4) is 0 Å². The molecule has 0 heterocycles. The fraction of sp³-hybridized carbons (Fsp3) is 0.333. The SMILES string of the molecule is CCCCNC(=O)c1ccc(NC(=O)COc2ccc(C)c(C)c2)cc1. The molecule has 0 aliphatic heterocycles. The van der Waals surface area contributed by atoms with Crippen molar-refractivity contribution in [3.05, 3.63) is 59.2 Å². The van der Waals surface area contributed by atoms with Gasteiger partial charge in [-0.25, -0.2) is 0 Å². The Balaban J connectivity index is 1.83. The van der Waals surface area contributed by atoms with Crippen molar-refractivity contribution in [3.63, 3.8) is 0 Å². The van der Waals surface area contributed by atoms with Crippen molar-refractivity contribution < 1.29 is 14.3 Å². The van der Waals surface area contributed by atoms with Gasteiger partial charge in [0.25, 0.3) is 11.8 Å². The maximum absolute atomic E-state index is 12.0. The van der Waals surface area contributed by atoms with Gasteiger partial charge in [0, 0.05) is 17.8 Å². The van der Waals surface area contributed by atoms with Gasteiger partial charge in [0.05, 0.1) is 0 Å². The lowest BCUT2D eigenvalue weighted by Crippen LogP contribution is -2.24. The highest BCUT2D eigenvalue weighted by atomic mass is 16.5. The summed E-state index contributed by atoms with van der Waals surface area (Å²) in [5.74, 6) is 0.320. The molecule has 0 atom stereocenters. The molecule has 0 aliphatic carbocycles. The van der Waals surface area contributed by atoms with Crippen molar-refractivity contribution in [2.75, 3.05) is 18.5 Å². The number of aryl methyl sites for hydroxylation is 2. The minimum atomic E-state index is -0.247. The Labute approximate surface area is 154 Å². The van der Waals surface area contributed by atoms with E-state index >= 15 is 0 Å². The molecule has 2 N–H and O–H groups in total. The zero-order valence-electron chi connectivity index (χ0n) is 15.6. The van der Waals surface area contributed by atoms with Crippen molar-refractivity contribution in [1.29, 1.82) is 0 Å². The van der Waals surface area contributed by atoms with Gasteiger partial charge in [-0.1, -0.05) is 19.4 Å². The Kier molecular flexibility index (Phi) is 7.21. The van der Waals surface area contributed by atoms with Crippen LogP contribution in [0.5, 0.6) is 5.75 Å². The van der Waals surface area contributed by atoms with E-state index in [0.717, 1.165) is 18.4 Å².